The molecular weight excluding hydrogens is 298 g/mol. The average Bonchev–Trinajstić information content (AvgIpc) is 2.57. The van der Waals surface area contributed by atoms with Crippen LogP contribution in [0.25, 0.3) is 0 Å². The van der Waals surface area contributed by atoms with E-state index in [9.17, 15) is 4.91 Å². The highest BCUT2D eigenvalue weighted by Gasteiger charge is 2.03. The molecule has 0 bridgehead atoms. The van der Waals surface area contributed by atoms with Gasteiger partial charge in [-0.1, -0.05) is 80.1 Å². The van der Waals surface area contributed by atoms with E-state index in [1.807, 2.05) is 24.3 Å². The largest absolute Gasteiger partial charge is 0.513 e. The van der Waals surface area contributed by atoms with Gasteiger partial charge in [-0.3, -0.25) is 0 Å². The Kier molecular flexibility index (Phi) is 16.1. The molecule has 3 heteroatoms. The molecule has 24 heavy (non-hydrogen) atoms. The van der Waals surface area contributed by atoms with Gasteiger partial charge >= 0.3 is 0 Å². The highest BCUT2D eigenvalue weighted by molar-refractivity contribution is 5.13. The number of unbranched alkanes of at least 4 members (excludes halogenated alkanes) is 4. The molecule has 0 spiro atoms. The van der Waals surface area contributed by atoms with Gasteiger partial charge in [0.1, 0.15) is 6.04 Å². The number of nitroso groups, excluding NO2 is 1. The predicted molar refractivity (Wildman–Crippen MR) is 105 cm³/mol. The van der Waals surface area contributed by atoms with E-state index in [4.69, 9.17) is 5.11 Å². The Hall–Kier alpha value is -1.90. The van der Waals surface area contributed by atoms with Gasteiger partial charge in [-0.2, -0.15) is 4.91 Å². The van der Waals surface area contributed by atoms with Crippen molar-refractivity contribution in [2.75, 3.05) is 0 Å². The summed E-state index contributed by atoms with van der Waals surface area (Å²) in [5, 5.41) is 12.1. The van der Waals surface area contributed by atoms with Crippen molar-refractivity contribution in [3.8, 4) is 0 Å². The summed E-state index contributed by atoms with van der Waals surface area (Å²) in [6.07, 6.45) is 25.3. The van der Waals surface area contributed by atoms with E-state index in [2.05, 4.69) is 36.9 Å². The van der Waals surface area contributed by atoms with Gasteiger partial charge in [-0.25, -0.2) is 0 Å². The van der Waals surface area contributed by atoms with Crippen molar-refractivity contribution in [1.29, 1.82) is 0 Å². The highest BCUT2D eigenvalue weighted by Crippen LogP contribution is 2.09. The summed E-state index contributed by atoms with van der Waals surface area (Å²) in [5.41, 5.74) is 0. The quantitative estimate of drug-likeness (QED) is 0.116. The third-order valence-corrected chi connectivity index (χ3v) is 3.54. The standard InChI is InChI=1S/C21H33NO2/c1-3-4-5-6-7-8-9-10-11-12-13-14-15-18-21(22-24)19-16-17-20(2)23/h7-8,11-15,18,21,23H,2-6,9-10,16-17,19H2,1H3/b8-7-,12-11+,14-13+,18-15-. The van der Waals surface area contributed by atoms with Gasteiger partial charge in [0.05, 0.1) is 5.76 Å². The number of nitrogens with zero attached hydrogens (tertiary/aromatic N) is 1. The molecule has 0 aromatic heterocycles. The first-order chi connectivity index (χ1) is 11.7. The van der Waals surface area contributed by atoms with E-state index >= 15 is 0 Å². The Labute approximate surface area is 147 Å². The van der Waals surface area contributed by atoms with Crippen molar-refractivity contribution < 1.29 is 5.11 Å². The number of hydrogen-bond acceptors (Lipinski definition) is 3. The van der Waals surface area contributed by atoms with Crippen LogP contribution in [0.1, 0.15) is 64.7 Å². The Morgan fingerprint density at radius 2 is 1.71 bits per heavy atom. The molecule has 0 aliphatic carbocycles. The molecule has 1 atom stereocenters. The topological polar surface area (TPSA) is 49.7 Å². The minimum Gasteiger partial charge on any atom is -0.513 e. The maximum Gasteiger partial charge on any atom is 0.110 e. The van der Waals surface area contributed by atoms with Gasteiger partial charge in [0.15, 0.2) is 0 Å². The lowest BCUT2D eigenvalue weighted by molar-refractivity contribution is 0.383. The molecule has 0 aliphatic rings. The first kappa shape index (κ1) is 22.1. The Morgan fingerprint density at radius 3 is 2.42 bits per heavy atom. The summed E-state index contributed by atoms with van der Waals surface area (Å²) in [6, 6.07) is -0.337. The lowest BCUT2D eigenvalue weighted by Gasteiger charge is -2.02. The monoisotopic (exact) mass is 331 g/mol. The molecule has 0 saturated heterocycles. The van der Waals surface area contributed by atoms with Gasteiger partial charge in [0.2, 0.25) is 0 Å². The van der Waals surface area contributed by atoms with Crippen LogP contribution in [-0.2, 0) is 0 Å². The Bertz CT molecular complexity index is 433. The van der Waals surface area contributed by atoms with Crippen molar-refractivity contribution in [1.82, 2.24) is 0 Å². The normalized spacial score (nSPS) is 13.5. The van der Waals surface area contributed by atoms with Crippen LogP contribution >= 0.6 is 0 Å². The lowest BCUT2D eigenvalue weighted by atomic mass is 10.1. The fraction of sp³-hybridized carbons (Fsp3) is 0.524. The molecule has 0 aromatic carbocycles. The van der Waals surface area contributed by atoms with Crippen molar-refractivity contribution in [2.24, 2.45) is 5.18 Å². The average molecular weight is 332 g/mol. The molecule has 0 rings (SSSR count). The molecule has 0 amide bonds. The zero-order valence-corrected chi connectivity index (χ0v) is 15.1. The molecule has 0 saturated carbocycles. The zero-order chi connectivity index (χ0) is 17.9. The van der Waals surface area contributed by atoms with Crippen molar-refractivity contribution in [2.45, 2.75) is 70.8 Å². The van der Waals surface area contributed by atoms with Crippen molar-refractivity contribution in [3.05, 3.63) is 65.9 Å². The third-order valence-electron chi connectivity index (χ3n) is 3.54. The van der Waals surface area contributed by atoms with Crippen LogP contribution in [0.15, 0.2) is 66.1 Å². The van der Waals surface area contributed by atoms with E-state index in [-0.39, 0.29) is 11.8 Å². The van der Waals surface area contributed by atoms with Crippen LogP contribution in [0.2, 0.25) is 0 Å². The van der Waals surface area contributed by atoms with Crippen LogP contribution in [0.4, 0.5) is 0 Å². The number of aliphatic hydroxyl groups is 1. The molecule has 134 valence electrons. The second-order valence-electron chi connectivity index (χ2n) is 5.87. The molecule has 0 heterocycles. The van der Waals surface area contributed by atoms with E-state index in [1.165, 1.54) is 25.7 Å². The summed E-state index contributed by atoms with van der Waals surface area (Å²) < 4.78 is 0. The SMILES string of the molecule is C=C(O)CCCC(\C=C/C=C/C=C/CC/C=C\CCCCC)N=O. The second kappa shape index (κ2) is 17.5. The predicted octanol–water partition coefficient (Wildman–Crippen LogP) is 6.95. The Balaban J connectivity index is 3.76. The first-order valence-corrected chi connectivity index (χ1v) is 9.04. The van der Waals surface area contributed by atoms with E-state index < -0.39 is 0 Å². The van der Waals surface area contributed by atoms with Crippen LogP contribution in [0, 0.1) is 4.91 Å². The minimum absolute atomic E-state index is 0.157. The van der Waals surface area contributed by atoms with Crippen molar-refractivity contribution >= 4 is 0 Å². The van der Waals surface area contributed by atoms with Gasteiger partial charge in [-0.15, -0.1) is 0 Å². The number of hydrogen-bond donors (Lipinski definition) is 1. The maximum absolute atomic E-state index is 10.7. The third kappa shape index (κ3) is 16.5. The second-order valence-corrected chi connectivity index (χ2v) is 5.87. The van der Waals surface area contributed by atoms with E-state index in [1.54, 1.807) is 6.08 Å². The minimum atomic E-state index is -0.337. The molecular formula is C21H33NO2. The van der Waals surface area contributed by atoms with Gasteiger partial charge < -0.3 is 5.11 Å². The number of rotatable bonds is 15. The molecule has 0 aromatic rings. The zero-order valence-electron chi connectivity index (χ0n) is 15.1. The maximum atomic E-state index is 10.7. The van der Waals surface area contributed by atoms with Crippen LogP contribution in [-0.4, -0.2) is 11.1 Å². The van der Waals surface area contributed by atoms with Crippen LogP contribution in [0.5, 0.6) is 0 Å². The highest BCUT2D eigenvalue weighted by atomic mass is 16.3. The summed E-state index contributed by atoms with van der Waals surface area (Å²) in [5.74, 6) is 0.157. The van der Waals surface area contributed by atoms with Crippen LogP contribution in [0.3, 0.4) is 0 Å². The number of aliphatic hydroxyl groups excluding tert-OH is 1. The smallest absolute Gasteiger partial charge is 0.110 e. The van der Waals surface area contributed by atoms with Crippen LogP contribution < -0.4 is 0 Å². The molecule has 1 unspecified atom stereocenters. The molecule has 1 N–H and O–H groups in total. The summed E-state index contributed by atoms with van der Waals surface area (Å²) in [4.78, 5) is 10.7. The van der Waals surface area contributed by atoms with Gasteiger partial charge in [0, 0.05) is 6.42 Å². The van der Waals surface area contributed by atoms with E-state index in [0.29, 0.717) is 19.3 Å². The van der Waals surface area contributed by atoms with Crippen molar-refractivity contribution in [3.63, 3.8) is 0 Å². The summed E-state index contributed by atoms with van der Waals surface area (Å²) >= 11 is 0. The number of allylic oxidation sites excluding steroid dienone is 8. The summed E-state index contributed by atoms with van der Waals surface area (Å²) in [6.45, 7) is 5.65. The molecule has 0 fully saturated rings. The van der Waals surface area contributed by atoms with Gasteiger partial charge in [0.25, 0.3) is 0 Å². The molecule has 0 aliphatic heterocycles. The Morgan fingerprint density at radius 1 is 1.00 bits per heavy atom. The van der Waals surface area contributed by atoms with E-state index in [0.717, 1.165) is 12.8 Å². The summed E-state index contributed by atoms with van der Waals surface area (Å²) in [7, 11) is 0. The fourth-order valence-electron chi connectivity index (χ4n) is 2.14. The van der Waals surface area contributed by atoms with Gasteiger partial charge in [-0.05, 0) is 38.5 Å². The fourth-order valence-corrected chi connectivity index (χ4v) is 2.14. The lowest BCUT2D eigenvalue weighted by Crippen LogP contribution is -1.98. The molecule has 0 radical (unpaired) electrons. The first-order valence-electron chi connectivity index (χ1n) is 9.04. The molecule has 3 nitrogen and oxygen atoms in total.